The highest BCUT2D eigenvalue weighted by Crippen LogP contribution is 2.14. The van der Waals surface area contributed by atoms with Gasteiger partial charge in [-0.05, 0) is 12.1 Å². The lowest BCUT2D eigenvalue weighted by Crippen LogP contribution is -2.44. The minimum Gasteiger partial charge on any atom is -0.389 e. The number of hydrogen-bond donors (Lipinski definition) is 3. The summed E-state index contributed by atoms with van der Waals surface area (Å²) >= 11 is 0. The summed E-state index contributed by atoms with van der Waals surface area (Å²) in [6.07, 6.45) is 5.60. The van der Waals surface area contributed by atoms with E-state index in [1.807, 2.05) is 17.8 Å². The van der Waals surface area contributed by atoms with Gasteiger partial charge in [0.15, 0.2) is 0 Å². The number of aliphatic hydroxyl groups excluding tert-OH is 1. The van der Waals surface area contributed by atoms with E-state index in [2.05, 4.69) is 20.6 Å². The largest absolute Gasteiger partial charge is 0.389 e. The van der Waals surface area contributed by atoms with Gasteiger partial charge in [-0.15, -0.1) is 0 Å². The Bertz CT molecular complexity index is 675. The van der Waals surface area contributed by atoms with Crippen molar-refractivity contribution < 1.29 is 14.6 Å². The van der Waals surface area contributed by atoms with Crippen LogP contribution in [0.1, 0.15) is 16.2 Å². The Morgan fingerprint density at radius 3 is 2.92 bits per heavy atom. The van der Waals surface area contributed by atoms with E-state index < -0.39 is 12.2 Å². The summed E-state index contributed by atoms with van der Waals surface area (Å²) in [7, 11) is 1.92. The van der Waals surface area contributed by atoms with Crippen LogP contribution in [-0.4, -0.2) is 57.0 Å². The highest BCUT2D eigenvalue weighted by atomic mass is 16.5. The highest BCUT2D eigenvalue weighted by molar-refractivity contribution is 5.93. The van der Waals surface area contributed by atoms with Gasteiger partial charge in [-0.2, -0.15) is 0 Å². The molecule has 0 saturated carbocycles. The molecule has 0 aromatic carbocycles. The first-order chi connectivity index (χ1) is 11.6. The Hall–Kier alpha value is -2.29. The van der Waals surface area contributed by atoms with Gasteiger partial charge in [0.1, 0.15) is 11.9 Å². The molecule has 1 fully saturated rings. The Labute approximate surface area is 139 Å². The summed E-state index contributed by atoms with van der Waals surface area (Å²) in [4.78, 5) is 20.1. The zero-order chi connectivity index (χ0) is 16.9. The number of aliphatic hydroxyl groups is 1. The standard InChI is InChI=1S/C16H21N5O3/c1-21-7-6-18-14(21)9-19-12-10-24-13(15(12)22)8-20-16(23)11-2-4-17-5-3-11/h2-7,12-13,15,19,22H,8-10H2,1H3,(H,20,23)/t12-,13-,15+/m1/s1. The van der Waals surface area contributed by atoms with Gasteiger partial charge in [0, 0.05) is 43.9 Å². The molecule has 8 heteroatoms. The van der Waals surface area contributed by atoms with Crippen LogP contribution < -0.4 is 10.6 Å². The van der Waals surface area contributed by atoms with Gasteiger partial charge < -0.3 is 25.0 Å². The smallest absolute Gasteiger partial charge is 0.251 e. The van der Waals surface area contributed by atoms with Crippen LogP contribution in [0.2, 0.25) is 0 Å². The maximum atomic E-state index is 12.0. The Morgan fingerprint density at radius 1 is 1.42 bits per heavy atom. The average molecular weight is 331 g/mol. The van der Waals surface area contributed by atoms with Crippen LogP contribution in [0.5, 0.6) is 0 Å². The molecule has 1 aliphatic rings. The maximum Gasteiger partial charge on any atom is 0.251 e. The average Bonchev–Trinajstić information content (AvgIpc) is 3.17. The number of ether oxygens (including phenoxy) is 1. The van der Waals surface area contributed by atoms with E-state index >= 15 is 0 Å². The van der Waals surface area contributed by atoms with Gasteiger partial charge in [-0.3, -0.25) is 9.78 Å². The fourth-order valence-electron chi connectivity index (χ4n) is 2.63. The quantitative estimate of drug-likeness (QED) is 0.657. The van der Waals surface area contributed by atoms with E-state index in [1.165, 1.54) is 0 Å². The molecule has 3 atom stereocenters. The van der Waals surface area contributed by atoms with Gasteiger partial charge in [-0.25, -0.2) is 4.98 Å². The van der Waals surface area contributed by atoms with Crippen molar-refractivity contribution >= 4 is 5.91 Å². The second-order valence-corrected chi connectivity index (χ2v) is 5.75. The first kappa shape index (κ1) is 16.6. The fourth-order valence-corrected chi connectivity index (χ4v) is 2.63. The Kier molecular flexibility index (Phi) is 5.19. The van der Waals surface area contributed by atoms with Crippen molar-refractivity contribution in [3.05, 3.63) is 48.3 Å². The lowest BCUT2D eigenvalue weighted by atomic mass is 10.1. The zero-order valence-electron chi connectivity index (χ0n) is 13.4. The molecular weight excluding hydrogens is 310 g/mol. The van der Waals surface area contributed by atoms with E-state index in [1.54, 1.807) is 30.7 Å². The Morgan fingerprint density at radius 2 is 2.21 bits per heavy atom. The minimum absolute atomic E-state index is 0.190. The summed E-state index contributed by atoms with van der Waals surface area (Å²) in [5, 5.41) is 16.4. The molecule has 2 aromatic heterocycles. The summed E-state index contributed by atoms with van der Waals surface area (Å²) in [6, 6.07) is 3.08. The van der Waals surface area contributed by atoms with Crippen molar-refractivity contribution in [2.24, 2.45) is 7.05 Å². The van der Waals surface area contributed by atoms with E-state index in [0.717, 1.165) is 5.82 Å². The third kappa shape index (κ3) is 3.78. The highest BCUT2D eigenvalue weighted by Gasteiger charge is 2.35. The molecule has 3 heterocycles. The number of imidazole rings is 1. The van der Waals surface area contributed by atoms with Crippen LogP contribution in [0.15, 0.2) is 36.9 Å². The number of amides is 1. The topological polar surface area (TPSA) is 101 Å². The number of rotatable bonds is 6. The van der Waals surface area contributed by atoms with Crippen molar-refractivity contribution in [1.82, 2.24) is 25.2 Å². The number of nitrogens with one attached hydrogen (secondary N) is 2. The van der Waals surface area contributed by atoms with E-state index in [9.17, 15) is 9.90 Å². The third-order valence-corrected chi connectivity index (χ3v) is 4.13. The van der Waals surface area contributed by atoms with Gasteiger partial charge >= 0.3 is 0 Å². The van der Waals surface area contributed by atoms with Crippen LogP contribution >= 0.6 is 0 Å². The number of pyridine rings is 1. The molecule has 2 aromatic rings. The molecule has 1 aliphatic heterocycles. The molecule has 1 saturated heterocycles. The van der Waals surface area contributed by atoms with E-state index in [-0.39, 0.29) is 18.5 Å². The fraction of sp³-hybridized carbons (Fsp3) is 0.438. The minimum atomic E-state index is -0.692. The van der Waals surface area contributed by atoms with Crippen LogP contribution in [0, 0.1) is 0 Å². The molecule has 128 valence electrons. The summed E-state index contributed by atoms with van der Waals surface area (Å²) in [5.74, 6) is 0.675. The van der Waals surface area contributed by atoms with Crippen LogP contribution in [-0.2, 0) is 18.3 Å². The monoisotopic (exact) mass is 331 g/mol. The number of hydrogen-bond acceptors (Lipinski definition) is 6. The first-order valence-corrected chi connectivity index (χ1v) is 7.82. The second-order valence-electron chi connectivity index (χ2n) is 5.75. The van der Waals surface area contributed by atoms with Crippen molar-refractivity contribution in [3.8, 4) is 0 Å². The van der Waals surface area contributed by atoms with Crippen molar-refractivity contribution in [2.75, 3.05) is 13.2 Å². The normalized spacial score (nSPS) is 23.3. The number of carbonyl (C=O) groups excluding carboxylic acids is 1. The van der Waals surface area contributed by atoms with Gasteiger partial charge in [0.05, 0.1) is 25.3 Å². The maximum absolute atomic E-state index is 12.0. The number of aryl methyl sites for hydroxylation is 1. The van der Waals surface area contributed by atoms with Crippen molar-refractivity contribution in [1.29, 1.82) is 0 Å². The van der Waals surface area contributed by atoms with Crippen molar-refractivity contribution in [3.63, 3.8) is 0 Å². The predicted molar refractivity (Wildman–Crippen MR) is 86.2 cm³/mol. The zero-order valence-corrected chi connectivity index (χ0v) is 13.4. The molecule has 24 heavy (non-hydrogen) atoms. The van der Waals surface area contributed by atoms with Gasteiger partial charge in [0.25, 0.3) is 5.91 Å². The molecule has 0 radical (unpaired) electrons. The van der Waals surface area contributed by atoms with Crippen molar-refractivity contribution in [2.45, 2.75) is 24.8 Å². The molecule has 1 amide bonds. The molecular formula is C16H21N5O3. The number of nitrogens with zero attached hydrogens (tertiary/aromatic N) is 3. The second kappa shape index (κ2) is 7.52. The van der Waals surface area contributed by atoms with Crippen LogP contribution in [0.3, 0.4) is 0 Å². The molecule has 0 bridgehead atoms. The molecule has 0 unspecified atom stereocenters. The Balaban J connectivity index is 1.46. The number of carbonyl (C=O) groups is 1. The predicted octanol–water partition coefficient (Wildman–Crippen LogP) is -0.537. The summed E-state index contributed by atoms with van der Waals surface area (Å²) in [5.41, 5.74) is 0.530. The lowest BCUT2D eigenvalue weighted by molar-refractivity contribution is 0.0398. The first-order valence-electron chi connectivity index (χ1n) is 7.82. The SMILES string of the molecule is Cn1ccnc1CN[C@@H]1CO[C@H](CNC(=O)c2ccncc2)[C@H]1O. The molecule has 8 nitrogen and oxygen atoms in total. The van der Waals surface area contributed by atoms with Crippen LogP contribution in [0.4, 0.5) is 0 Å². The summed E-state index contributed by atoms with van der Waals surface area (Å²) < 4.78 is 7.52. The molecule has 0 aliphatic carbocycles. The van der Waals surface area contributed by atoms with E-state index in [4.69, 9.17) is 4.74 Å². The van der Waals surface area contributed by atoms with Gasteiger partial charge in [-0.1, -0.05) is 0 Å². The van der Waals surface area contributed by atoms with Crippen LogP contribution in [0.25, 0.3) is 0 Å². The third-order valence-electron chi connectivity index (χ3n) is 4.13. The lowest BCUT2D eigenvalue weighted by Gasteiger charge is -2.18. The molecule has 3 rings (SSSR count). The van der Waals surface area contributed by atoms with E-state index in [0.29, 0.717) is 18.7 Å². The molecule has 0 spiro atoms. The summed E-state index contributed by atoms with van der Waals surface area (Å²) in [6.45, 7) is 1.19. The molecule has 3 N–H and O–H groups in total. The van der Waals surface area contributed by atoms with Gasteiger partial charge in [0.2, 0.25) is 0 Å². The number of aromatic nitrogens is 3.